The minimum absolute atomic E-state index is 0.0357. The number of carbonyl (C=O) groups excluding carboxylic acids is 1. The largest absolute Gasteiger partial charge is 0.507 e. The highest BCUT2D eigenvalue weighted by Gasteiger charge is 2.12. The fraction of sp³-hybridized carbons (Fsp3) is 0.133. The molecule has 0 atom stereocenters. The number of amides is 1. The molecule has 0 spiro atoms. The van der Waals surface area contributed by atoms with E-state index < -0.39 is 0 Å². The number of carbonyl (C=O) groups is 1. The molecule has 19 heavy (non-hydrogen) atoms. The van der Waals surface area contributed by atoms with Crippen molar-refractivity contribution in [3.8, 4) is 5.75 Å². The lowest BCUT2D eigenvalue weighted by Gasteiger charge is -2.10. The van der Waals surface area contributed by atoms with Crippen LogP contribution in [0.1, 0.15) is 21.5 Å². The van der Waals surface area contributed by atoms with Crippen LogP contribution in [-0.2, 0) is 5.88 Å². The van der Waals surface area contributed by atoms with E-state index in [1.807, 2.05) is 25.1 Å². The summed E-state index contributed by atoms with van der Waals surface area (Å²) >= 11 is 5.82. The Morgan fingerprint density at radius 2 is 2.00 bits per heavy atom. The Kier molecular flexibility index (Phi) is 4.07. The maximum atomic E-state index is 12.1. The van der Waals surface area contributed by atoms with Crippen molar-refractivity contribution in [2.75, 3.05) is 5.32 Å². The number of aryl methyl sites for hydroxylation is 1. The van der Waals surface area contributed by atoms with E-state index in [0.29, 0.717) is 11.6 Å². The second kappa shape index (κ2) is 5.76. The van der Waals surface area contributed by atoms with Crippen LogP contribution in [-0.4, -0.2) is 11.0 Å². The molecule has 0 heterocycles. The van der Waals surface area contributed by atoms with Gasteiger partial charge in [0.05, 0.1) is 5.56 Å². The molecule has 0 fully saturated rings. The zero-order valence-electron chi connectivity index (χ0n) is 10.5. The maximum absolute atomic E-state index is 12.1. The van der Waals surface area contributed by atoms with Gasteiger partial charge < -0.3 is 10.4 Å². The average Bonchev–Trinajstić information content (AvgIpc) is 2.42. The van der Waals surface area contributed by atoms with Gasteiger partial charge in [-0.3, -0.25) is 4.79 Å². The number of anilines is 1. The van der Waals surface area contributed by atoms with Crippen molar-refractivity contribution in [2.24, 2.45) is 0 Å². The van der Waals surface area contributed by atoms with Crippen LogP contribution in [0.4, 0.5) is 5.69 Å². The lowest BCUT2D eigenvalue weighted by atomic mass is 10.1. The van der Waals surface area contributed by atoms with Gasteiger partial charge in [0.1, 0.15) is 5.75 Å². The summed E-state index contributed by atoms with van der Waals surface area (Å²) in [5, 5.41) is 12.5. The monoisotopic (exact) mass is 275 g/mol. The van der Waals surface area contributed by atoms with E-state index in [-0.39, 0.29) is 17.2 Å². The van der Waals surface area contributed by atoms with Crippen LogP contribution < -0.4 is 5.32 Å². The SMILES string of the molecule is Cc1ccc(O)c(C(=O)Nc2ccccc2CCl)c1. The minimum atomic E-state index is -0.348. The third kappa shape index (κ3) is 3.06. The molecule has 2 aromatic rings. The first kappa shape index (κ1) is 13.4. The number of rotatable bonds is 3. The molecular weight excluding hydrogens is 262 g/mol. The zero-order valence-corrected chi connectivity index (χ0v) is 11.2. The molecule has 0 aromatic heterocycles. The van der Waals surface area contributed by atoms with Crippen molar-refractivity contribution in [1.82, 2.24) is 0 Å². The van der Waals surface area contributed by atoms with Gasteiger partial charge in [0, 0.05) is 11.6 Å². The van der Waals surface area contributed by atoms with Crippen LogP contribution in [0.3, 0.4) is 0 Å². The first-order valence-electron chi connectivity index (χ1n) is 5.86. The summed E-state index contributed by atoms with van der Waals surface area (Å²) in [6.07, 6.45) is 0. The van der Waals surface area contributed by atoms with E-state index in [1.54, 1.807) is 18.2 Å². The molecule has 0 unspecified atom stereocenters. The number of phenolic OH excluding ortho intramolecular Hbond substituents is 1. The molecule has 3 nitrogen and oxygen atoms in total. The number of nitrogens with one attached hydrogen (secondary N) is 1. The van der Waals surface area contributed by atoms with Gasteiger partial charge in [0.15, 0.2) is 0 Å². The Balaban J connectivity index is 2.28. The summed E-state index contributed by atoms with van der Waals surface area (Å²) in [6.45, 7) is 1.86. The summed E-state index contributed by atoms with van der Waals surface area (Å²) in [7, 11) is 0. The predicted octanol–water partition coefficient (Wildman–Crippen LogP) is 3.69. The Morgan fingerprint density at radius 1 is 1.26 bits per heavy atom. The third-order valence-electron chi connectivity index (χ3n) is 2.81. The van der Waals surface area contributed by atoms with Crippen LogP contribution in [0, 0.1) is 6.92 Å². The summed E-state index contributed by atoms with van der Waals surface area (Å²) in [5.41, 5.74) is 2.66. The first-order valence-corrected chi connectivity index (χ1v) is 6.40. The zero-order chi connectivity index (χ0) is 13.8. The maximum Gasteiger partial charge on any atom is 0.259 e. The predicted molar refractivity (Wildman–Crippen MR) is 76.8 cm³/mol. The van der Waals surface area contributed by atoms with E-state index in [2.05, 4.69) is 5.32 Å². The van der Waals surface area contributed by atoms with Crippen LogP contribution in [0.25, 0.3) is 0 Å². The smallest absolute Gasteiger partial charge is 0.259 e. The average molecular weight is 276 g/mol. The number of hydrogen-bond donors (Lipinski definition) is 2. The molecule has 0 saturated heterocycles. The lowest BCUT2D eigenvalue weighted by Crippen LogP contribution is -2.13. The van der Waals surface area contributed by atoms with Crippen molar-refractivity contribution < 1.29 is 9.90 Å². The van der Waals surface area contributed by atoms with Gasteiger partial charge in [-0.25, -0.2) is 0 Å². The number of halogens is 1. The van der Waals surface area contributed by atoms with Gasteiger partial charge in [0.2, 0.25) is 0 Å². The second-order valence-corrected chi connectivity index (χ2v) is 4.53. The van der Waals surface area contributed by atoms with Gasteiger partial charge in [-0.2, -0.15) is 0 Å². The van der Waals surface area contributed by atoms with Crippen molar-refractivity contribution in [2.45, 2.75) is 12.8 Å². The second-order valence-electron chi connectivity index (χ2n) is 4.27. The van der Waals surface area contributed by atoms with Gasteiger partial charge in [-0.15, -0.1) is 11.6 Å². The molecule has 2 aromatic carbocycles. The number of para-hydroxylation sites is 1. The molecule has 1 amide bonds. The van der Waals surface area contributed by atoms with Crippen LogP contribution in [0.5, 0.6) is 5.75 Å². The fourth-order valence-corrected chi connectivity index (χ4v) is 2.01. The molecule has 0 aliphatic carbocycles. The van der Waals surface area contributed by atoms with Crippen LogP contribution in [0.2, 0.25) is 0 Å². The molecule has 2 rings (SSSR count). The highest BCUT2D eigenvalue weighted by atomic mass is 35.5. The fourth-order valence-electron chi connectivity index (χ4n) is 1.78. The van der Waals surface area contributed by atoms with E-state index in [9.17, 15) is 9.90 Å². The Bertz CT molecular complexity index is 611. The number of benzene rings is 2. The van der Waals surface area contributed by atoms with Crippen molar-refractivity contribution in [3.05, 3.63) is 59.2 Å². The molecule has 0 saturated carbocycles. The highest BCUT2D eigenvalue weighted by Crippen LogP contribution is 2.22. The van der Waals surface area contributed by atoms with Crippen molar-refractivity contribution in [3.63, 3.8) is 0 Å². The quantitative estimate of drug-likeness (QED) is 0.839. The highest BCUT2D eigenvalue weighted by molar-refractivity contribution is 6.17. The molecule has 98 valence electrons. The lowest BCUT2D eigenvalue weighted by molar-refractivity contribution is 0.102. The van der Waals surface area contributed by atoms with E-state index in [0.717, 1.165) is 11.1 Å². The van der Waals surface area contributed by atoms with Gasteiger partial charge >= 0.3 is 0 Å². The molecule has 2 N–H and O–H groups in total. The summed E-state index contributed by atoms with van der Waals surface area (Å²) in [5.74, 6) is -0.0683. The van der Waals surface area contributed by atoms with Crippen molar-refractivity contribution >= 4 is 23.2 Å². The number of alkyl halides is 1. The van der Waals surface area contributed by atoms with Gasteiger partial charge in [0.25, 0.3) is 5.91 Å². The number of phenols is 1. The summed E-state index contributed by atoms with van der Waals surface area (Å²) in [6, 6.07) is 12.2. The van der Waals surface area contributed by atoms with E-state index in [4.69, 9.17) is 11.6 Å². The van der Waals surface area contributed by atoms with Gasteiger partial charge in [-0.05, 0) is 30.7 Å². The van der Waals surface area contributed by atoms with Crippen LogP contribution in [0.15, 0.2) is 42.5 Å². The molecule has 4 heteroatoms. The summed E-state index contributed by atoms with van der Waals surface area (Å²) in [4.78, 5) is 12.1. The summed E-state index contributed by atoms with van der Waals surface area (Å²) < 4.78 is 0. The number of hydrogen-bond acceptors (Lipinski definition) is 2. The van der Waals surface area contributed by atoms with E-state index >= 15 is 0 Å². The Labute approximate surface area is 116 Å². The molecule has 0 aliphatic rings. The number of aromatic hydroxyl groups is 1. The van der Waals surface area contributed by atoms with Crippen LogP contribution >= 0.6 is 11.6 Å². The minimum Gasteiger partial charge on any atom is -0.507 e. The van der Waals surface area contributed by atoms with E-state index in [1.165, 1.54) is 6.07 Å². The molecule has 0 aliphatic heterocycles. The normalized spacial score (nSPS) is 10.2. The van der Waals surface area contributed by atoms with Gasteiger partial charge in [-0.1, -0.05) is 29.8 Å². The van der Waals surface area contributed by atoms with Crippen molar-refractivity contribution in [1.29, 1.82) is 0 Å². The Morgan fingerprint density at radius 3 is 2.74 bits per heavy atom. The molecular formula is C15H14ClNO2. The third-order valence-corrected chi connectivity index (χ3v) is 3.09. The molecule has 0 radical (unpaired) electrons. The Hall–Kier alpha value is -2.00. The first-order chi connectivity index (χ1) is 9.11. The standard InChI is InChI=1S/C15H14ClNO2/c1-10-6-7-14(18)12(8-10)15(19)17-13-5-3-2-4-11(13)9-16/h2-8,18H,9H2,1H3,(H,17,19). The molecule has 0 bridgehead atoms. The topological polar surface area (TPSA) is 49.3 Å².